The maximum atomic E-state index is 12.2. The molecule has 6 heteroatoms. The van der Waals surface area contributed by atoms with E-state index < -0.39 is 10.8 Å². The number of para-hydroxylation sites is 1. The molecule has 0 spiro atoms. The van der Waals surface area contributed by atoms with Crippen LogP contribution in [0.1, 0.15) is 29.7 Å². The van der Waals surface area contributed by atoms with Crippen LogP contribution in [0, 0.1) is 12.8 Å². The third-order valence-corrected chi connectivity index (χ3v) is 5.41. The minimum absolute atomic E-state index is 0.0511. The zero-order valence-corrected chi connectivity index (χ0v) is 13.2. The van der Waals surface area contributed by atoms with Crippen LogP contribution in [0.5, 0.6) is 0 Å². The monoisotopic (exact) mass is 315 g/mol. The maximum Gasteiger partial charge on any atom is 0.228 e. The first-order valence-electron chi connectivity index (χ1n) is 7.46. The average molecular weight is 315 g/mol. The summed E-state index contributed by atoms with van der Waals surface area (Å²) in [7, 11) is -0.906. The second-order valence-electron chi connectivity index (χ2n) is 5.96. The Kier molecular flexibility index (Phi) is 3.14. The third kappa shape index (κ3) is 2.27. The molecule has 114 valence electrons. The van der Waals surface area contributed by atoms with Crippen molar-refractivity contribution in [3.63, 3.8) is 0 Å². The number of hydrogen-bond acceptors (Lipinski definition) is 3. The summed E-state index contributed by atoms with van der Waals surface area (Å²) in [6.45, 7) is 2.02. The van der Waals surface area contributed by atoms with Crippen LogP contribution < -0.4 is 5.32 Å². The molecule has 2 aliphatic rings. The highest BCUT2D eigenvalue weighted by Gasteiger charge is 2.33. The van der Waals surface area contributed by atoms with E-state index in [1.54, 1.807) is 4.68 Å². The molecule has 1 N–H and O–H groups in total. The van der Waals surface area contributed by atoms with Crippen molar-refractivity contribution < 1.29 is 9.00 Å². The third-order valence-electron chi connectivity index (χ3n) is 4.20. The van der Waals surface area contributed by atoms with E-state index in [1.165, 1.54) is 0 Å². The summed E-state index contributed by atoms with van der Waals surface area (Å²) in [5.74, 6) is 1.83. The van der Waals surface area contributed by atoms with Crippen LogP contribution >= 0.6 is 0 Å². The summed E-state index contributed by atoms with van der Waals surface area (Å²) < 4.78 is 13.6. The molecule has 1 aliphatic heterocycles. The molecule has 1 saturated carbocycles. The van der Waals surface area contributed by atoms with Crippen LogP contribution in [0.15, 0.2) is 24.3 Å². The molecule has 1 fully saturated rings. The van der Waals surface area contributed by atoms with Crippen LogP contribution in [0.4, 0.5) is 5.82 Å². The molecule has 1 atom stereocenters. The highest BCUT2D eigenvalue weighted by atomic mass is 32.2. The molecule has 1 amide bonds. The van der Waals surface area contributed by atoms with Crippen molar-refractivity contribution in [2.45, 2.75) is 31.3 Å². The summed E-state index contributed by atoms with van der Waals surface area (Å²) >= 11 is 0. The van der Waals surface area contributed by atoms with Gasteiger partial charge in [-0.3, -0.25) is 9.00 Å². The van der Waals surface area contributed by atoms with Gasteiger partial charge >= 0.3 is 0 Å². The lowest BCUT2D eigenvalue weighted by atomic mass is 10.2. The van der Waals surface area contributed by atoms with Gasteiger partial charge in [0.05, 0.1) is 22.9 Å². The molecular weight excluding hydrogens is 298 g/mol. The molecule has 0 unspecified atom stereocenters. The van der Waals surface area contributed by atoms with Gasteiger partial charge in [0.25, 0.3) is 0 Å². The number of nitrogens with one attached hydrogen (secondary N) is 1. The lowest BCUT2D eigenvalue weighted by Crippen LogP contribution is -2.18. The Morgan fingerprint density at radius 1 is 1.32 bits per heavy atom. The topological polar surface area (TPSA) is 64.0 Å². The van der Waals surface area contributed by atoms with Gasteiger partial charge in [0.15, 0.2) is 0 Å². The Morgan fingerprint density at radius 2 is 2.09 bits per heavy atom. The molecule has 0 radical (unpaired) electrons. The van der Waals surface area contributed by atoms with E-state index in [1.807, 2.05) is 31.2 Å². The molecule has 1 aromatic carbocycles. The molecular formula is C16H17N3O2S. The SMILES string of the molecule is Cc1ccccc1-n1nc2c(c1NC(=O)C1CC1)C[S@](=O)C2. The zero-order valence-electron chi connectivity index (χ0n) is 12.3. The Bertz CT molecular complexity index is 793. The molecule has 0 bridgehead atoms. The highest BCUT2D eigenvalue weighted by molar-refractivity contribution is 7.83. The molecule has 2 aromatic rings. The maximum absolute atomic E-state index is 12.2. The van der Waals surface area contributed by atoms with E-state index in [9.17, 15) is 9.00 Å². The first-order valence-corrected chi connectivity index (χ1v) is 8.95. The van der Waals surface area contributed by atoms with Crippen molar-refractivity contribution in [2.75, 3.05) is 5.32 Å². The number of fused-ring (bicyclic) bond motifs is 1. The van der Waals surface area contributed by atoms with Crippen LogP contribution in [0.3, 0.4) is 0 Å². The minimum atomic E-state index is -0.906. The van der Waals surface area contributed by atoms with Crippen molar-refractivity contribution in [2.24, 2.45) is 5.92 Å². The van der Waals surface area contributed by atoms with Gasteiger partial charge in [0.2, 0.25) is 5.91 Å². The normalized spacial score (nSPS) is 20.0. The van der Waals surface area contributed by atoms with Crippen molar-refractivity contribution in [3.05, 3.63) is 41.1 Å². The highest BCUT2D eigenvalue weighted by Crippen LogP contribution is 2.35. The van der Waals surface area contributed by atoms with Gasteiger partial charge in [-0.15, -0.1) is 0 Å². The lowest BCUT2D eigenvalue weighted by molar-refractivity contribution is -0.117. The number of aryl methyl sites for hydroxylation is 1. The second kappa shape index (κ2) is 5.05. The first-order chi connectivity index (χ1) is 10.6. The van der Waals surface area contributed by atoms with Crippen molar-refractivity contribution in [1.82, 2.24) is 9.78 Å². The Labute approximate surface area is 131 Å². The Hall–Kier alpha value is -1.95. The van der Waals surface area contributed by atoms with Gasteiger partial charge in [-0.1, -0.05) is 18.2 Å². The van der Waals surface area contributed by atoms with E-state index in [0.717, 1.165) is 35.3 Å². The number of hydrogen-bond donors (Lipinski definition) is 1. The van der Waals surface area contributed by atoms with Crippen molar-refractivity contribution in [1.29, 1.82) is 0 Å². The van der Waals surface area contributed by atoms with E-state index in [-0.39, 0.29) is 11.8 Å². The summed E-state index contributed by atoms with van der Waals surface area (Å²) in [5.41, 5.74) is 3.81. The summed E-state index contributed by atoms with van der Waals surface area (Å²) in [5, 5.41) is 7.64. The first kappa shape index (κ1) is 13.7. The predicted octanol–water partition coefficient (Wildman–Crippen LogP) is 2.29. The lowest BCUT2D eigenvalue weighted by Gasteiger charge is -2.12. The molecule has 1 aliphatic carbocycles. The summed E-state index contributed by atoms with van der Waals surface area (Å²) in [6.07, 6.45) is 1.91. The summed E-state index contributed by atoms with van der Waals surface area (Å²) in [4.78, 5) is 12.2. The summed E-state index contributed by atoms with van der Waals surface area (Å²) in [6, 6.07) is 7.95. The fourth-order valence-electron chi connectivity index (χ4n) is 2.80. The van der Waals surface area contributed by atoms with Gasteiger partial charge in [-0.25, -0.2) is 4.68 Å². The van der Waals surface area contributed by atoms with Crippen molar-refractivity contribution >= 4 is 22.5 Å². The van der Waals surface area contributed by atoms with Crippen LogP contribution in [0.25, 0.3) is 5.69 Å². The van der Waals surface area contributed by atoms with Gasteiger partial charge in [-0.2, -0.15) is 5.10 Å². The number of carbonyl (C=O) groups excluding carboxylic acids is 1. The average Bonchev–Trinajstić information content (AvgIpc) is 3.21. The molecule has 22 heavy (non-hydrogen) atoms. The Balaban J connectivity index is 1.81. The number of benzene rings is 1. The van der Waals surface area contributed by atoms with Crippen LogP contribution in [-0.2, 0) is 27.1 Å². The molecule has 4 rings (SSSR count). The fraction of sp³-hybridized carbons (Fsp3) is 0.375. The number of nitrogens with zero attached hydrogens (tertiary/aromatic N) is 2. The van der Waals surface area contributed by atoms with Crippen molar-refractivity contribution in [3.8, 4) is 5.69 Å². The van der Waals surface area contributed by atoms with E-state index >= 15 is 0 Å². The number of rotatable bonds is 3. The van der Waals surface area contributed by atoms with Gasteiger partial charge in [-0.05, 0) is 31.4 Å². The van der Waals surface area contributed by atoms with Crippen LogP contribution in [-0.4, -0.2) is 19.9 Å². The predicted molar refractivity (Wildman–Crippen MR) is 85.2 cm³/mol. The van der Waals surface area contributed by atoms with E-state index in [2.05, 4.69) is 10.4 Å². The van der Waals surface area contributed by atoms with E-state index in [4.69, 9.17) is 0 Å². The largest absolute Gasteiger partial charge is 0.310 e. The number of amides is 1. The smallest absolute Gasteiger partial charge is 0.228 e. The van der Waals surface area contributed by atoms with E-state index in [0.29, 0.717) is 17.3 Å². The van der Waals surface area contributed by atoms with Crippen LogP contribution in [0.2, 0.25) is 0 Å². The number of carbonyl (C=O) groups is 1. The number of aromatic nitrogens is 2. The zero-order chi connectivity index (χ0) is 15.3. The standard InChI is InChI=1S/C16H17N3O2S/c1-10-4-2-3-5-14(10)19-15(17-16(20)11-6-7-11)12-8-22(21)9-13(12)18-19/h2-5,11H,6-9H2,1H3,(H,17,20)/t22-/m0/s1. The number of anilines is 1. The van der Waals surface area contributed by atoms with Gasteiger partial charge in [0.1, 0.15) is 5.82 Å². The minimum Gasteiger partial charge on any atom is -0.310 e. The Morgan fingerprint density at radius 3 is 2.82 bits per heavy atom. The van der Waals surface area contributed by atoms with Gasteiger partial charge in [0, 0.05) is 22.3 Å². The molecule has 5 nitrogen and oxygen atoms in total. The molecule has 2 heterocycles. The second-order valence-corrected chi connectivity index (χ2v) is 7.42. The quantitative estimate of drug-likeness (QED) is 0.945. The fourth-order valence-corrected chi connectivity index (χ4v) is 4.06. The molecule has 0 saturated heterocycles. The van der Waals surface area contributed by atoms with Gasteiger partial charge < -0.3 is 5.32 Å². The molecule has 1 aromatic heterocycles.